The average Bonchev–Trinajstić information content (AvgIpc) is 2.76. The SMILES string of the molecule is CCOC1=NC(C(=O)NC)=NC2OC=CC12. The van der Waals surface area contributed by atoms with Crippen molar-refractivity contribution in [3.63, 3.8) is 0 Å². The third kappa shape index (κ3) is 1.78. The number of likely N-dealkylation sites (N-methyl/N-ethyl adjacent to an activating group) is 1. The lowest BCUT2D eigenvalue weighted by molar-refractivity contribution is -0.114. The van der Waals surface area contributed by atoms with Gasteiger partial charge in [-0.1, -0.05) is 0 Å². The summed E-state index contributed by atoms with van der Waals surface area (Å²) < 4.78 is 10.6. The van der Waals surface area contributed by atoms with E-state index in [2.05, 4.69) is 15.3 Å². The first-order valence-corrected chi connectivity index (χ1v) is 5.09. The van der Waals surface area contributed by atoms with Crippen LogP contribution < -0.4 is 5.32 Å². The molecule has 0 saturated carbocycles. The molecular formula is C10H13N3O3. The minimum Gasteiger partial charge on any atom is -0.480 e. The van der Waals surface area contributed by atoms with E-state index in [1.807, 2.05) is 13.0 Å². The molecule has 0 bridgehead atoms. The Kier molecular flexibility index (Phi) is 2.89. The molecule has 0 fully saturated rings. The Morgan fingerprint density at radius 3 is 3.19 bits per heavy atom. The number of fused-ring (bicyclic) bond motifs is 1. The fourth-order valence-electron chi connectivity index (χ4n) is 1.53. The summed E-state index contributed by atoms with van der Waals surface area (Å²) in [6.07, 6.45) is 2.95. The lowest BCUT2D eigenvalue weighted by atomic mass is 10.1. The number of hydrogen-bond acceptors (Lipinski definition) is 5. The van der Waals surface area contributed by atoms with E-state index in [-0.39, 0.29) is 17.7 Å². The highest BCUT2D eigenvalue weighted by Gasteiger charge is 2.35. The number of carbonyl (C=O) groups is 1. The van der Waals surface area contributed by atoms with Crippen LogP contribution in [0.1, 0.15) is 6.92 Å². The topological polar surface area (TPSA) is 72.3 Å². The first kappa shape index (κ1) is 10.7. The average molecular weight is 223 g/mol. The van der Waals surface area contributed by atoms with Crippen molar-refractivity contribution in [1.82, 2.24) is 5.32 Å². The van der Waals surface area contributed by atoms with Gasteiger partial charge in [0.05, 0.1) is 12.9 Å². The number of nitrogens with one attached hydrogen (secondary N) is 1. The molecule has 0 aromatic heterocycles. The maximum atomic E-state index is 11.4. The number of hydrogen-bond donors (Lipinski definition) is 1. The van der Waals surface area contributed by atoms with Gasteiger partial charge >= 0.3 is 0 Å². The van der Waals surface area contributed by atoms with Crippen LogP contribution in [0.2, 0.25) is 0 Å². The molecule has 6 nitrogen and oxygen atoms in total. The van der Waals surface area contributed by atoms with Crippen molar-refractivity contribution in [3.05, 3.63) is 12.3 Å². The molecule has 86 valence electrons. The molecule has 0 aromatic rings. The Hall–Kier alpha value is -1.85. The second kappa shape index (κ2) is 4.34. The van der Waals surface area contributed by atoms with Crippen molar-refractivity contribution >= 4 is 17.6 Å². The van der Waals surface area contributed by atoms with E-state index in [9.17, 15) is 4.79 Å². The summed E-state index contributed by atoms with van der Waals surface area (Å²) >= 11 is 0. The molecule has 0 radical (unpaired) electrons. The maximum Gasteiger partial charge on any atom is 0.288 e. The molecule has 2 unspecified atom stereocenters. The van der Waals surface area contributed by atoms with Crippen LogP contribution in [0, 0.1) is 5.92 Å². The van der Waals surface area contributed by atoms with Crippen LogP contribution in [-0.2, 0) is 14.3 Å². The normalized spacial score (nSPS) is 26.4. The van der Waals surface area contributed by atoms with Gasteiger partial charge in [0.2, 0.25) is 18.0 Å². The second-order valence-corrected chi connectivity index (χ2v) is 3.30. The van der Waals surface area contributed by atoms with E-state index in [1.54, 1.807) is 6.26 Å². The van der Waals surface area contributed by atoms with Gasteiger partial charge < -0.3 is 14.8 Å². The minimum atomic E-state index is -0.425. The van der Waals surface area contributed by atoms with Crippen LogP contribution in [0.15, 0.2) is 22.3 Å². The Labute approximate surface area is 93.1 Å². The first-order chi connectivity index (χ1) is 7.76. The molecule has 2 heterocycles. The summed E-state index contributed by atoms with van der Waals surface area (Å²) in [7, 11) is 1.53. The molecule has 0 saturated heterocycles. The number of aliphatic imine (C=N–C) groups is 2. The summed E-state index contributed by atoms with van der Waals surface area (Å²) in [6.45, 7) is 2.36. The largest absolute Gasteiger partial charge is 0.480 e. The van der Waals surface area contributed by atoms with E-state index >= 15 is 0 Å². The van der Waals surface area contributed by atoms with E-state index in [0.717, 1.165) is 0 Å². The van der Waals surface area contributed by atoms with Crippen LogP contribution in [0.5, 0.6) is 0 Å². The molecule has 2 atom stereocenters. The van der Waals surface area contributed by atoms with Gasteiger partial charge in [-0.05, 0) is 13.0 Å². The molecule has 2 aliphatic heterocycles. The van der Waals surface area contributed by atoms with Crippen molar-refractivity contribution in [3.8, 4) is 0 Å². The quantitative estimate of drug-likeness (QED) is 0.719. The van der Waals surface area contributed by atoms with Gasteiger partial charge in [0.15, 0.2) is 0 Å². The Morgan fingerprint density at radius 2 is 2.50 bits per heavy atom. The molecule has 6 heteroatoms. The highest BCUT2D eigenvalue weighted by molar-refractivity contribution is 6.40. The smallest absolute Gasteiger partial charge is 0.288 e. The van der Waals surface area contributed by atoms with E-state index in [0.29, 0.717) is 12.5 Å². The van der Waals surface area contributed by atoms with Crippen molar-refractivity contribution < 1.29 is 14.3 Å². The van der Waals surface area contributed by atoms with Crippen molar-refractivity contribution in [2.75, 3.05) is 13.7 Å². The summed E-state index contributed by atoms with van der Waals surface area (Å²) in [4.78, 5) is 19.6. The number of amides is 1. The number of nitrogens with zero attached hydrogens (tertiary/aromatic N) is 2. The number of rotatable bonds is 2. The monoisotopic (exact) mass is 223 g/mol. The molecule has 1 amide bonds. The van der Waals surface area contributed by atoms with Gasteiger partial charge in [-0.3, -0.25) is 4.79 Å². The standard InChI is InChI=1S/C10H13N3O3/c1-3-15-9-6-4-5-16-10(6)13-7(12-9)8(14)11-2/h4-6,10H,3H2,1-2H3,(H,11,14). The maximum absolute atomic E-state index is 11.4. The predicted octanol–water partition coefficient (Wildman–Crippen LogP) is 0.0657. The lowest BCUT2D eigenvalue weighted by Crippen LogP contribution is -2.36. The zero-order valence-corrected chi connectivity index (χ0v) is 9.14. The second-order valence-electron chi connectivity index (χ2n) is 3.30. The van der Waals surface area contributed by atoms with E-state index in [4.69, 9.17) is 9.47 Å². The predicted molar refractivity (Wildman–Crippen MR) is 58.1 cm³/mol. The highest BCUT2D eigenvalue weighted by atomic mass is 16.5. The summed E-state index contributed by atoms with van der Waals surface area (Å²) in [5.74, 6) is 0.116. The zero-order chi connectivity index (χ0) is 11.5. The molecule has 16 heavy (non-hydrogen) atoms. The minimum absolute atomic E-state index is 0.0934. The van der Waals surface area contributed by atoms with Gasteiger partial charge in [-0.2, -0.15) is 4.99 Å². The van der Waals surface area contributed by atoms with Crippen LogP contribution in [0.25, 0.3) is 0 Å². The molecule has 0 aliphatic carbocycles. The molecule has 2 rings (SSSR count). The first-order valence-electron chi connectivity index (χ1n) is 5.09. The summed E-state index contributed by atoms with van der Waals surface area (Å²) in [5, 5.41) is 2.47. The van der Waals surface area contributed by atoms with Crippen molar-refractivity contribution in [2.24, 2.45) is 15.9 Å². The number of amidine groups is 1. The van der Waals surface area contributed by atoms with Gasteiger partial charge in [0, 0.05) is 7.05 Å². The van der Waals surface area contributed by atoms with Crippen LogP contribution in [0.3, 0.4) is 0 Å². The number of carbonyl (C=O) groups excluding carboxylic acids is 1. The Balaban J connectivity index is 2.26. The van der Waals surface area contributed by atoms with Crippen molar-refractivity contribution in [1.29, 1.82) is 0 Å². The van der Waals surface area contributed by atoms with Gasteiger partial charge in [-0.15, -0.1) is 0 Å². The van der Waals surface area contributed by atoms with Gasteiger partial charge in [0.25, 0.3) is 5.91 Å². The van der Waals surface area contributed by atoms with E-state index in [1.165, 1.54) is 7.05 Å². The van der Waals surface area contributed by atoms with Crippen LogP contribution in [-0.4, -0.2) is 37.5 Å². The fraction of sp³-hybridized carbons (Fsp3) is 0.500. The molecule has 0 spiro atoms. The summed E-state index contributed by atoms with van der Waals surface area (Å²) in [5.41, 5.74) is 0. The van der Waals surface area contributed by atoms with Gasteiger partial charge in [-0.25, -0.2) is 4.99 Å². The molecule has 0 aromatic carbocycles. The van der Waals surface area contributed by atoms with Crippen LogP contribution in [0.4, 0.5) is 0 Å². The Bertz CT molecular complexity index is 387. The third-order valence-electron chi connectivity index (χ3n) is 2.28. The third-order valence-corrected chi connectivity index (χ3v) is 2.28. The molecular weight excluding hydrogens is 210 g/mol. The lowest BCUT2D eigenvalue weighted by Gasteiger charge is -2.21. The molecule has 1 N–H and O–H groups in total. The summed E-state index contributed by atoms with van der Waals surface area (Å²) in [6, 6.07) is 0. The highest BCUT2D eigenvalue weighted by Crippen LogP contribution is 2.24. The zero-order valence-electron chi connectivity index (χ0n) is 9.14. The van der Waals surface area contributed by atoms with Crippen molar-refractivity contribution in [2.45, 2.75) is 13.2 Å². The number of ether oxygens (including phenoxy) is 2. The molecule has 2 aliphatic rings. The van der Waals surface area contributed by atoms with E-state index < -0.39 is 6.23 Å². The fourth-order valence-corrected chi connectivity index (χ4v) is 1.53. The van der Waals surface area contributed by atoms with Gasteiger partial charge in [0.1, 0.15) is 5.92 Å². The van der Waals surface area contributed by atoms with Crippen LogP contribution >= 0.6 is 0 Å². The Morgan fingerprint density at radius 1 is 1.69 bits per heavy atom.